The van der Waals surface area contributed by atoms with Crippen LogP contribution in [-0.4, -0.2) is 32.8 Å². The van der Waals surface area contributed by atoms with Crippen molar-refractivity contribution in [3.05, 3.63) is 278 Å². The van der Waals surface area contributed by atoms with E-state index in [1.807, 2.05) is 12.2 Å². The smallest absolute Gasteiger partial charge is 0.138 e. The number of benzene rings is 10. The van der Waals surface area contributed by atoms with E-state index < -0.39 is 0 Å². The largest absolute Gasteiger partial charge is 0.354 e. The molecule has 0 saturated carbocycles. The molecule has 7 heteroatoms. The minimum absolute atomic E-state index is 0.852. The van der Waals surface area contributed by atoms with Gasteiger partial charge in [-0.2, -0.15) is 0 Å². The maximum Gasteiger partial charge on any atom is 0.138 e. The Morgan fingerprint density at radius 1 is 0.447 bits per heavy atom. The number of hydrogen-bond donors (Lipinski definition) is 1. The van der Waals surface area contributed by atoms with Crippen molar-refractivity contribution < 1.29 is 0 Å². The lowest BCUT2D eigenvalue weighted by molar-refractivity contribution is 0.888. The first-order valence-electron chi connectivity index (χ1n) is 29.4. The van der Waals surface area contributed by atoms with Crippen LogP contribution >= 0.6 is 0 Å². The summed E-state index contributed by atoms with van der Waals surface area (Å²) in [5.74, 6) is 0.852. The van der Waals surface area contributed by atoms with Crippen molar-refractivity contribution >= 4 is 121 Å². The Bertz CT molecular complexity index is 5750. The highest BCUT2D eigenvalue weighted by atomic mass is 15.1. The summed E-state index contributed by atoms with van der Waals surface area (Å²) in [6, 6.07) is 84.5. The lowest BCUT2D eigenvalue weighted by Gasteiger charge is -2.18. The van der Waals surface area contributed by atoms with E-state index in [0.717, 1.165) is 85.9 Å². The fraction of sp³-hybridized carbons (Fsp3) is 0.0385. The van der Waals surface area contributed by atoms with Gasteiger partial charge in [-0.15, -0.1) is 0 Å². The highest BCUT2D eigenvalue weighted by molar-refractivity contribution is 6.27. The van der Waals surface area contributed by atoms with E-state index in [-0.39, 0.29) is 0 Å². The molecule has 400 valence electrons. The van der Waals surface area contributed by atoms with Crippen LogP contribution in [-0.2, 0) is 6.42 Å². The van der Waals surface area contributed by atoms with Gasteiger partial charge >= 0.3 is 0 Å². The zero-order valence-electron chi connectivity index (χ0n) is 46.6. The van der Waals surface area contributed by atoms with Gasteiger partial charge < -0.3 is 23.3 Å². The van der Waals surface area contributed by atoms with Crippen LogP contribution in [0, 0.1) is 6.92 Å². The van der Waals surface area contributed by atoms with Gasteiger partial charge in [0.15, 0.2) is 0 Å². The normalized spacial score (nSPS) is 12.9. The molecule has 7 aromatic heterocycles. The van der Waals surface area contributed by atoms with Crippen molar-refractivity contribution in [2.24, 2.45) is 0 Å². The van der Waals surface area contributed by atoms with Crippen molar-refractivity contribution in [2.75, 3.05) is 0 Å². The second kappa shape index (κ2) is 18.2. The fourth-order valence-electron chi connectivity index (χ4n) is 14.7. The lowest BCUT2D eigenvalue weighted by Crippen LogP contribution is -2.05. The van der Waals surface area contributed by atoms with Crippen LogP contribution in [0.1, 0.15) is 28.9 Å². The predicted molar refractivity (Wildman–Crippen MR) is 357 cm³/mol. The number of nitrogens with zero attached hydrogens (tertiary/aromatic N) is 6. The maximum atomic E-state index is 5.80. The van der Waals surface area contributed by atoms with Crippen LogP contribution in [0.5, 0.6) is 0 Å². The molecule has 0 spiro atoms. The first-order valence-corrected chi connectivity index (χ1v) is 29.4. The number of pyridine rings is 1. The third-order valence-electron chi connectivity index (χ3n) is 18.2. The Kier molecular flexibility index (Phi) is 10.2. The Hall–Kier alpha value is -11.2. The minimum atomic E-state index is 0.852. The van der Waals surface area contributed by atoms with Gasteiger partial charge in [-0.1, -0.05) is 164 Å². The van der Waals surface area contributed by atoms with Crippen LogP contribution in [0.15, 0.2) is 255 Å². The van der Waals surface area contributed by atoms with Gasteiger partial charge in [-0.05, 0) is 128 Å². The van der Waals surface area contributed by atoms with Gasteiger partial charge in [0, 0.05) is 105 Å². The summed E-state index contributed by atoms with van der Waals surface area (Å²) in [5.41, 5.74) is 22.7. The van der Waals surface area contributed by atoms with E-state index in [1.54, 1.807) is 0 Å². The van der Waals surface area contributed by atoms with Crippen LogP contribution in [0.25, 0.3) is 161 Å². The number of H-pyrrole nitrogens is 1. The molecule has 10 aromatic carbocycles. The number of aromatic nitrogens is 7. The van der Waals surface area contributed by atoms with E-state index in [4.69, 9.17) is 4.98 Å². The van der Waals surface area contributed by atoms with Crippen LogP contribution < -0.4 is 0 Å². The average molecular weight is 1090 g/mol. The number of hydrogen-bond acceptors (Lipinski definition) is 1. The molecule has 1 N–H and O–H groups in total. The van der Waals surface area contributed by atoms with E-state index in [9.17, 15) is 0 Å². The molecule has 0 bridgehead atoms. The second-order valence-electron chi connectivity index (χ2n) is 22.7. The third kappa shape index (κ3) is 6.74. The summed E-state index contributed by atoms with van der Waals surface area (Å²) in [5, 5.41) is 12.2. The van der Waals surface area contributed by atoms with E-state index >= 15 is 0 Å². The van der Waals surface area contributed by atoms with Gasteiger partial charge in [0.2, 0.25) is 0 Å². The molecular weight excluding hydrogens is 1030 g/mol. The van der Waals surface area contributed by atoms with E-state index in [1.165, 1.54) is 98.3 Å². The number of fused-ring (bicyclic) bond motifs is 19. The molecule has 1 aliphatic rings. The summed E-state index contributed by atoms with van der Waals surface area (Å²) < 4.78 is 12.3. The molecular formula is C78H53N7. The summed E-state index contributed by atoms with van der Waals surface area (Å²) in [7, 11) is 0. The van der Waals surface area contributed by atoms with Gasteiger partial charge in [-0.3, -0.25) is 4.57 Å². The van der Waals surface area contributed by atoms with Crippen LogP contribution in [0.4, 0.5) is 0 Å². The topological polar surface area (TPSA) is 53.3 Å². The number of para-hydroxylation sites is 6. The maximum absolute atomic E-state index is 5.80. The number of aryl methyl sites for hydroxylation is 1. The molecule has 0 amide bonds. The van der Waals surface area contributed by atoms with E-state index in [2.05, 4.69) is 290 Å². The van der Waals surface area contributed by atoms with Gasteiger partial charge in [-0.25, -0.2) is 4.98 Å². The van der Waals surface area contributed by atoms with Gasteiger partial charge in [0.05, 0.1) is 55.3 Å². The molecule has 0 saturated heterocycles. The molecule has 17 aromatic rings. The SMILES string of the molecule is C=C/C=C\c1c(C)c2ccc3c(c4ccccc4n3-c3cc(-c4cccc(-n5c6ccccc6c6c5ccc5c7ccccc7n(-c7ccccc7)c56)n4)cc(-n4c5c(c6c7[nH]c8ccccc8c7ccc64)C=CCC5)c3)c2n1-c1ccccc1. The van der Waals surface area contributed by atoms with Crippen molar-refractivity contribution in [3.63, 3.8) is 0 Å². The molecule has 0 unspecified atom stereocenters. The fourth-order valence-corrected chi connectivity index (χ4v) is 14.7. The molecule has 0 atom stereocenters. The van der Waals surface area contributed by atoms with E-state index in [0.29, 0.717) is 0 Å². The Balaban J connectivity index is 0.923. The number of rotatable bonds is 8. The van der Waals surface area contributed by atoms with Crippen molar-refractivity contribution in [2.45, 2.75) is 19.8 Å². The van der Waals surface area contributed by atoms with Gasteiger partial charge in [0.1, 0.15) is 5.82 Å². The molecule has 0 radical (unpaired) electrons. The molecule has 85 heavy (non-hydrogen) atoms. The quantitative estimate of drug-likeness (QED) is 0.152. The highest BCUT2D eigenvalue weighted by Gasteiger charge is 2.27. The zero-order valence-corrected chi connectivity index (χ0v) is 46.6. The summed E-state index contributed by atoms with van der Waals surface area (Å²) in [4.78, 5) is 9.69. The molecule has 7 heterocycles. The molecule has 0 fully saturated rings. The summed E-state index contributed by atoms with van der Waals surface area (Å²) in [6.07, 6.45) is 12.7. The number of aromatic amines is 1. The summed E-state index contributed by atoms with van der Waals surface area (Å²) in [6.45, 7) is 6.31. The second-order valence-corrected chi connectivity index (χ2v) is 22.7. The lowest BCUT2D eigenvalue weighted by atomic mass is 10.0. The third-order valence-corrected chi connectivity index (χ3v) is 18.2. The first-order chi connectivity index (χ1) is 42.1. The number of nitrogens with one attached hydrogen (secondary N) is 1. The zero-order chi connectivity index (χ0) is 56.0. The molecule has 0 aliphatic heterocycles. The van der Waals surface area contributed by atoms with Crippen molar-refractivity contribution in [3.8, 4) is 39.8 Å². The highest BCUT2D eigenvalue weighted by Crippen LogP contribution is 2.46. The van der Waals surface area contributed by atoms with Crippen molar-refractivity contribution in [1.29, 1.82) is 0 Å². The molecule has 1 aliphatic carbocycles. The molecule has 7 nitrogen and oxygen atoms in total. The Morgan fingerprint density at radius 2 is 1.02 bits per heavy atom. The van der Waals surface area contributed by atoms with Crippen LogP contribution in [0.2, 0.25) is 0 Å². The monoisotopic (exact) mass is 1090 g/mol. The Labute approximate surface area is 488 Å². The summed E-state index contributed by atoms with van der Waals surface area (Å²) >= 11 is 0. The predicted octanol–water partition coefficient (Wildman–Crippen LogP) is 20.0. The average Bonchev–Trinajstić information content (AvgIpc) is 1.67. The number of allylic oxidation sites excluding steroid dienone is 3. The first kappa shape index (κ1) is 47.5. The van der Waals surface area contributed by atoms with Crippen LogP contribution in [0.3, 0.4) is 0 Å². The Morgan fingerprint density at radius 3 is 1.75 bits per heavy atom. The minimum Gasteiger partial charge on any atom is -0.354 e. The van der Waals surface area contributed by atoms with Crippen molar-refractivity contribution in [1.82, 2.24) is 32.8 Å². The standard InChI is InChI=1S/C78H53N7/c1-3-4-33-64-48(2)54-39-42-70-74(77(54)83(64)50-22-7-5-8-23-50)60-29-14-19-36-67(60)82(70)53-46-49(45-52(47-53)81-66-35-18-13-28-59(66)73-69(81)43-40-57-55-26-11-16-31-63(55)80-76(57)73)62-32-21-38-72(79-62)85-68-37-20-15-30-61(68)75-71(85)44-41-58-56-27-12-17-34-65(56)84(78(58)75)51-24-9-6-10-25-51/h3-17,19-34,36-47,80H,1,18,35H2,2H3/b33-4-. The molecule has 18 rings (SSSR count). The van der Waals surface area contributed by atoms with Gasteiger partial charge in [0.25, 0.3) is 0 Å².